The fourth-order valence-corrected chi connectivity index (χ4v) is 4.14. The highest BCUT2D eigenvalue weighted by atomic mass is 16.6. The first-order valence-electron chi connectivity index (χ1n) is 11.1. The molecule has 0 aromatic carbocycles. The van der Waals surface area contributed by atoms with Gasteiger partial charge >= 0.3 is 5.97 Å². The average molecular weight is 455 g/mol. The third kappa shape index (κ3) is 5.09. The third-order valence-corrected chi connectivity index (χ3v) is 6.15. The minimum Gasteiger partial charge on any atom is -0.508 e. The molecule has 0 aromatic heterocycles. The number of carbonyl (C=O) groups is 3. The fourth-order valence-electron chi connectivity index (χ4n) is 4.14. The van der Waals surface area contributed by atoms with Gasteiger partial charge in [-0.25, -0.2) is 0 Å². The van der Waals surface area contributed by atoms with Gasteiger partial charge in [0.2, 0.25) is 0 Å². The Labute approximate surface area is 193 Å². The van der Waals surface area contributed by atoms with Crippen LogP contribution in [0, 0.1) is 17.8 Å². The van der Waals surface area contributed by atoms with E-state index in [9.17, 15) is 24.6 Å². The van der Waals surface area contributed by atoms with Crippen molar-refractivity contribution in [1.29, 1.82) is 0 Å². The van der Waals surface area contributed by atoms with Gasteiger partial charge in [0, 0.05) is 18.1 Å². The normalized spacial score (nSPS) is 29.0. The van der Waals surface area contributed by atoms with Gasteiger partial charge < -0.3 is 19.7 Å². The summed E-state index contributed by atoms with van der Waals surface area (Å²) in [6, 6.07) is 0. The molecule has 0 saturated carbocycles. The molecule has 0 spiro atoms. The number of fused-ring (bicyclic) bond motifs is 3. The molecule has 3 rings (SSSR count). The van der Waals surface area contributed by atoms with E-state index in [1.54, 1.807) is 25.2 Å². The molecule has 1 fully saturated rings. The summed E-state index contributed by atoms with van der Waals surface area (Å²) in [5, 5.41) is 19.8. The Kier molecular flexibility index (Phi) is 7.22. The number of aliphatic hydroxyl groups is 2. The van der Waals surface area contributed by atoms with Gasteiger partial charge in [-0.05, 0) is 43.6 Å². The smallest absolute Gasteiger partial charge is 0.318 e. The monoisotopic (exact) mass is 454 g/mol. The summed E-state index contributed by atoms with van der Waals surface area (Å²) in [5.74, 6) is -3.54. The van der Waals surface area contributed by atoms with Crippen LogP contribution in [0.2, 0.25) is 0 Å². The predicted octanol–water partition coefficient (Wildman–Crippen LogP) is 3.78. The third-order valence-electron chi connectivity index (χ3n) is 6.15. The predicted molar refractivity (Wildman–Crippen MR) is 122 cm³/mol. The average Bonchev–Trinajstić information content (AvgIpc) is 3.02. The minimum absolute atomic E-state index is 0.253. The molecule has 0 radical (unpaired) electrons. The number of hydrogen-bond donors (Lipinski definition) is 2. The second-order valence-corrected chi connectivity index (χ2v) is 8.90. The zero-order valence-corrected chi connectivity index (χ0v) is 19.3. The summed E-state index contributed by atoms with van der Waals surface area (Å²) in [5.41, 5.74) is -0.524. The largest absolute Gasteiger partial charge is 0.508 e. The Morgan fingerprint density at radius 1 is 1.24 bits per heavy atom. The van der Waals surface area contributed by atoms with Gasteiger partial charge in [0.25, 0.3) is 0 Å². The standard InChI is InChI=1S/C26H30O7/c1-5-15(2)8-6-7-9-18(28)13-21(29)23-24-20-14-32-19(10-16(3)27)11-17(20)12-22(30)26(24,4)33-25(23)31/h6-9,11-16,23-24,27-28H,5,10H2,1-4H3/b8-6+,9-7+,18-13-/t15-,16+,23-,24+,26+/m1/s1. The van der Waals surface area contributed by atoms with E-state index in [4.69, 9.17) is 9.47 Å². The maximum absolute atomic E-state index is 13.0. The zero-order chi connectivity index (χ0) is 24.3. The van der Waals surface area contributed by atoms with Crippen LogP contribution in [-0.4, -0.2) is 39.5 Å². The lowest BCUT2D eigenvalue weighted by atomic mass is 9.67. The van der Waals surface area contributed by atoms with Gasteiger partial charge in [0.05, 0.1) is 18.3 Å². The quantitative estimate of drug-likeness (QED) is 0.189. The molecule has 33 heavy (non-hydrogen) atoms. The van der Waals surface area contributed by atoms with E-state index in [1.165, 1.54) is 25.3 Å². The molecule has 0 amide bonds. The molecule has 2 aliphatic heterocycles. The first-order valence-corrected chi connectivity index (χ1v) is 11.1. The van der Waals surface area contributed by atoms with Gasteiger partial charge in [-0.1, -0.05) is 38.5 Å². The Bertz CT molecular complexity index is 1020. The van der Waals surface area contributed by atoms with Crippen LogP contribution in [0.3, 0.4) is 0 Å². The highest BCUT2D eigenvalue weighted by Crippen LogP contribution is 2.49. The van der Waals surface area contributed by atoms with Gasteiger partial charge in [-0.3, -0.25) is 14.4 Å². The van der Waals surface area contributed by atoms with Crippen molar-refractivity contribution in [2.45, 2.75) is 52.2 Å². The van der Waals surface area contributed by atoms with Crippen molar-refractivity contribution in [2.75, 3.05) is 0 Å². The van der Waals surface area contributed by atoms with E-state index < -0.39 is 41.1 Å². The van der Waals surface area contributed by atoms with Crippen LogP contribution in [0.15, 0.2) is 71.5 Å². The highest BCUT2D eigenvalue weighted by molar-refractivity contribution is 6.12. The van der Waals surface area contributed by atoms with Crippen LogP contribution in [0.1, 0.15) is 40.5 Å². The number of ether oxygens (including phenoxy) is 2. The molecule has 7 heteroatoms. The lowest BCUT2D eigenvalue weighted by Gasteiger charge is -2.35. The van der Waals surface area contributed by atoms with Crippen LogP contribution in [-0.2, 0) is 23.9 Å². The summed E-state index contributed by atoms with van der Waals surface area (Å²) in [6.07, 6.45) is 12.7. The fraction of sp³-hybridized carbons (Fsp3) is 0.423. The topological polar surface area (TPSA) is 110 Å². The van der Waals surface area contributed by atoms with Crippen molar-refractivity contribution in [2.24, 2.45) is 17.8 Å². The van der Waals surface area contributed by atoms with E-state index >= 15 is 0 Å². The molecule has 0 bridgehead atoms. The summed E-state index contributed by atoms with van der Waals surface area (Å²) >= 11 is 0. The molecular formula is C26H30O7. The van der Waals surface area contributed by atoms with Crippen molar-refractivity contribution in [3.05, 3.63) is 71.5 Å². The van der Waals surface area contributed by atoms with Crippen LogP contribution >= 0.6 is 0 Å². The summed E-state index contributed by atoms with van der Waals surface area (Å²) < 4.78 is 11.0. The summed E-state index contributed by atoms with van der Waals surface area (Å²) in [6.45, 7) is 7.23. The van der Waals surface area contributed by atoms with Crippen LogP contribution in [0.5, 0.6) is 0 Å². The van der Waals surface area contributed by atoms with Crippen molar-refractivity contribution < 1.29 is 34.1 Å². The van der Waals surface area contributed by atoms with Gasteiger partial charge in [-0.15, -0.1) is 0 Å². The number of rotatable bonds is 8. The second kappa shape index (κ2) is 9.75. The number of allylic oxidation sites excluding steroid dienone is 7. The van der Waals surface area contributed by atoms with Crippen LogP contribution in [0.4, 0.5) is 0 Å². The molecule has 176 valence electrons. The lowest BCUT2D eigenvalue weighted by molar-refractivity contribution is -0.156. The number of hydrogen-bond acceptors (Lipinski definition) is 7. The van der Waals surface area contributed by atoms with E-state index in [0.29, 0.717) is 22.8 Å². The highest BCUT2D eigenvalue weighted by Gasteiger charge is 2.62. The van der Waals surface area contributed by atoms with Crippen molar-refractivity contribution >= 4 is 17.5 Å². The first-order chi connectivity index (χ1) is 15.6. The molecule has 0 unspecified atom stereocenters. The number of aliphatic hydroxyl groups excluding tert-OH is 2. The van der Waals surface area contributed by atoms with Crippen molar-refractivity contribution in [3.63, 3.8) is 0 Å². The molecule has 5 atom stereocenters. The molecule has 0 aromatic rings. The zero-order valence-electron chi connectivity index (χ0n) is 19.3. The molecule has 3 aliphatic rings. The lowest BCUT2D eigenvalue weighted by Crippen LogP contribution is -2.46. The Morgan fingerprint density at radius 2 is 1.97 bits per heavy atom. The summed E-state index contributed by atoms with van der Waals surface area (Å²) in [7, 11) is 0. The maximum atomic E-state index is 13.0. The van der Waals surface area contributed by atoms with E-state index in [0.717, 1.165) is 12.5 Å². The molecule has 2 heterocycles. The molecule has 1 saturated heterocycles. The molecule has 2 N–H and O–H groups in total. The van der Waals surface area contributed by atoms with Gasteiger partial charge in [0.15, 0.2) is 17.2 Å². The van der Waals surface area contributed by atoms with Crippen LogP contribution in [0.25, 0.3) is 0 Å². The SMILES string of the molecule is CC[C@@H](C)/C=C/C=C/C(O)=C/C(=O)[C@H]1C(=O)O[C@@]2(C)C(=O)C=C3C=C(C[C@H](C)O)OC=C3[C@@H]12. The van der Waals surface area contributed by atoms with Crippen molar-refractivity contribution in [3.8, 4) is 0 Å². The second-order valence-electron chi connectivity index (χ2n) is 8.90. The molecular weight excluding hydrogens is 424 g/mol. The van der Waals surface area contributed by atoms with Crippen molar-refractivity contribution in [1.82, 2.24) is 0 Å². The Hall–Kier alpha value is -3.19. The molecule has 1 aliphatic carbocycles. The van der Waals surface area contributed by atoms with E-state index in [1.807, 2.05) is 6.08 Å². The summed E-state index contributed by atoms with van der Waals surface area (Å²) in [4.78, 5) is 38.6. The number of carbonyl (C=O) groups excluding carboxylic acids is 3. The first kappa shape index (κ1) is 24.5. The van der Waals surface area contributed by atoms with Gasteiger partial charge in [0.1, 0.15) is 17.4 Å². The number of ketones is 2. The Balaban J connectivity index is 1.87. The number of esters is 1. The molecule has 7 nitrogen and oxygen atoms in total. The van der Waals surface area contributed by atoms with Gasteiger partial charge in [-0.2, -0.15) is 0 Å². The minimum atomic E-state index is -1.54. The maximum Gasteiger partial charge on any atom is 0.318 e. The van der Waals surface area contributed by atoms with E-state index in [2.05, 4.69) is 13.8 Å². The Morgan fingerprint density at radius 3 is 2.64 bits per heavy atom. The van der Waals surface area contributed by atoms with Crippen LogP contribution < -0.4 is 0 Å². The van der Waals surface area contributed by atoms with E-state index in [-0.39, 0.29) is 12.2 Å².